The number of nitrogens with one attached hydrogen (secondary N) is 2. The van der Waals surface area contributed by atoms with Crippen LogP contribution in [-0.4, -0.2) is 22.3 Å². The molecule has 0 saturated carbocycles. The van der Waals surface area contributed by atoms with Gasteiger partial charge in [0.1, 0.15) is 0 Å². The van der Waals surface area contributed by atoms with Gasteiger partial charge < -0.3 is 10.1 Å². The molecule has 23 heavy (non-hydrogen) atoms. The number of hydrogen-bond acceptors (Lipinski definition) is 3. The topological polar surface area (TPSA) is 77.5 Å². The van der Waals surface area contributed by atoms with Crippen LogP contribution in [0.1, 0.15) is 21.6 Å². The Morgan fingerprint density at radius 1 is 1.30 bits per heavy atom. The Hall–Kier alpha value is -2.79. The Morgan fingerprint density at radius 3 is 2.87 bits per heavy atom. The van der Waals surface area contributed by atoms with Crippen molar-refractivity contribution >= 4 is 40.4 Å². The summed E-state index contributed by atoms with van der Waals surface area (Å²) >= 11 is 5.84. The van der Waals surface area contributed by atoms with Crippen LogP contribution in [0.2, 0.25) is 5.02 Å². The minimum absolute atomic E-state index is 0.0372. The lowest BCUT2D eigenvalue weighted by atomic mass is 10.1. The molecule has 3 rings (SSSR count). The van der Waals surface area contributed by atoms with Gasteiger partial charge in [-0.15, -0.1) is 0 Å². The first kappa shape index (κ1) is 15.1. The summed E-state index contributed by atoms with van der Waals surface area (Å²) in [6.07, 6.45) is 1.71. The van der Waals surface area contributed by atoms with Gasteiger partial charge in [0, 0.05) is 22.2 Å². The molecule has 0 aliphatic rings. The van der Waals surface area contributed by atoms with Gasteiger partial charge in [-0.3, -0.25) is 5.43 Å². The zero-order valence-electron chi connectivity index (χ0n) is 12.3. The number of halogens is 1. The van der Waals surface area contributed by atoms with Crippen molar-refractivity contribution in [1.29, 1.82) is 0 Å². The first-order chi connectivity index (χ1) is 11.1. The number of aryl methyl sites for hydroxylation is 1. The molecule has 3 aromatic rings. The lowest BCUT2D eigenvalue weighted by molar-refractivity contribution is 0.0697. The van der Waals surface area contributed by atoms with Gasteiger partial charge in [-0.05, 0) is 31.2 Å². The summed E-state index contributed by atoms with van der Waals surface area (Å²) in [5.74, 6) is -1.07. The highest BCUT2D eigenvalue weighted by Gasteiger charge is 2.09. The van der Waals surface area contributed by atoms with E-state index in [-0.39, 0.29) is 10.6 Å². The number of carboxylic acid groups (broad SMARTS) is 1. The predicted octanol–water partition coefficient (Wildman–Crippen LogP) is 4.27. The molecule has 0 radical (unpaired) electrons. The SMILES string of the molecule is Cc1[nH]c2ccccc2c1/C=N/Nc1ccc(Cl)c(C(=O)O)c1. The van der Waals surface area contributed by atoms with Crippen molar-refractivity contribution < 1.29 is 9.90 Å². The van der Waals surface area contributed by atoms with E-state index in [1.807, 2.05) is 31.2 Å². The number of anilines is 1. The Morgan fingerprint density at radius 2 is 2.09 bits per heavy atom. The van der Waals surface area contributed by atoms with Crippen molar-refractivity contribution in [2.75, 3.05) is 5.43 Å². The predicted molar refractivity (Wildman–Crippen MR) is 92.7 cm³/mol. The monoisotopic (exact) mass is 327 g/mol. The third kappa shape index (κ3) is 3.05. The van der Waals surface area contributed by atoms with Gasteiger partial charge in [-0.1, -0.05) is 29.8 Å². The molecule has 6 heteroatoms. The molecule has 0 saturated heterocycles. The number of aromatic amines is 1. The van der Waals surface area contributed by atoms with Crippen molar-refractivity contribution in [3.63, 3.8) is 0 Å². The molecule has 0 unspecified atom stereocenters. The van der Waals surface area contributed by atoms with Crippen molar-refractivity contribution in [3.8, 4) is 0 Å². The quantitative estimate of drug-likeness (QED) is 0.494. The first-order valence-electron chi connectivity index (χ1n) is 6.95. The van der Waals surface area contributed by atoms with Crippen LogP contribution in [0.4, 0.5) is 5.69 Å². The van der Waals surface area contributed by atoms with Crippen LogP contribution in [0.25, 0.3) is 10.9 Å². The molecule has 0 fully saturated rings. The summed E-state index contributed by atoms with van der Waals surface area (Å²) in [6, 6.07) is 12.6. The van der Waals surface area contributed by atoms with E-state index in [1.165, 1.54) is 12.1 Å². The highest BCUT2D eigenvalue weighted by molar-refractivity contribution is 6.33. The fraction of sp³-hybridized carbons (Fsp3) is 0.0588. The average Bonchev–Trinajstić information content (AvgIpc) is 2.84. The number of H-pyrrole nitrogens is 1. The maximum atomic E-state index is 11.1. The van der Waals surface area contributed by atoms with E-state index in [0.717, 1.165) is 22.2 Å². The summed E-state index contributed by atoms with van der Waals surface area (Å²) in [4.78, 5) is 14.4. The molecule has 3 N–H and O–H groups in total. The normalized spacial score (nSPS) is 11.2. The van der Waals surface area contributed by atoms with Gasteiger partial charge in [0.15, 0.2) is 0 Å². The van der Waals surface area contributed by atoms with Crippen LogP contribution in [0.5, 0.6) is 0 Å². The van der Waals surface area contributed by atoms with Gasteiger partial charge >= 0.3 is 5.97 Å². The molecular formula is C17H14ClN3O2. The third-order valence-electron chi connectivity index (χ3n) is 3.53. The zero-order valence-corrected chi connectivity index (χ0v) is 13.1. The molecule has 5 nitrogen and oxygen atoms in total. The van der Waals surface area contributed by atoms with E-state index in [4.69, 9.17) is 16.7 Å². The molecule has 0 spiro atoms. The maximum Gasteiger partial charge on any atom is 0.337 e. The number of fused-ring (bicyclic) bond motifs is 1. The minimum atomic E-state index is -1.07. The first-order valence-corrected chi connectivity index (χ1v) is 7.33. The number of hydrazone groups is 1. The van der Waals surface area contributed by atoms with E-state index in [2.05, 4.69) is 15.5 Å². The Balaban J connectivity index is 1.85. The van der Waals surface area contributed by atoms with Crippen LogP contribution in [0.15, 0.2) is 47.6 Å². The number of carboxylic acids is 1. The lowest BCUT2D eigenvalue weighted by Gasteiger charge is -2.03. The van der Waals surface area contributed by atoms with Gasteiger partial charge in [0.25, 0.3) is 0 Å². The largest absolute Gasteiger partial charge is 0.478 e. The second-order valence-corrected chi connectivity index (χ2v) is 5.49. The second kappa shape index (κ2) is 6.14. The van der Waals surface area contributed by atoms with Crippen LogP contribution in [0, 0.1) is 6.92 Å². The van der Waals surface area contributed by atoms with E-state index < -0.39 is 5.97 Å². The smallest absolute Gasteiger partial charge is 0.337 e. The molecule has 0 atom stereocenters. The van der Waals surface area contributed by atoms with Crippen LogP contribution in [0.3, 0.4) is 0 Å². The number of nitrogens with zero attached hydrogens (tertiary/aromatic N) is 1. The number of carbonyl (C=O) groups is 1. The maximum absolute atomic E-state index is 11.1. The Bertz CT molecular complexity index is 915. The molecule has 0 aliphatic heterocycles. The van der Waals surface area contributed by atoms with Gasteiger partial charge in [-0.25, -0.2) is 4.79 Å². The van der Waals surface area contributed by atoms with E-state index in [1.54, 1.807) is 12.3 Å². The standard InChI is InChI=1S/C17H14ClN3O2/c1-10-14(12-4-2-3-5-16(12)20-10)9-19-21-11-6-7-15(18)13(8-11)17(22)23/h2-9,20-21H,1H3,(H,22,23)/b19-9+. The highest BCUT2D eigenvalue weighted by Crippen LogP contribution is 2.22. The molecular weight excluding hydrogens is 314 g/mol. The molecule has 1 aromatic heterocycles. The number of rotatable bonds is 4. The lowest BCUT2D eigenvalue weighted by Crippen LogP contribution is -1.99. The van der Waals surface area contributed by atoms with Crippen LogP contribution < -0.4 is 5.43 Å². The number of para-hydroxylation sites is 1. The molecule has 0 aliphatic carbocycles. The minimum Gasteiger partial charge on any atom is -0.478 e. The van der Waals surface area contributed by atoms with Crippen molar-refractivity contribution in [2.45, 2.75) is 6.92 Å². The summed E-state index contributed by atoms with van der Waals surface area (Å²) in [7, 11) is 0. The number of benzene rings is 2. The zero-order chi connectivity index (χ0) is 16.4. The molecule has 1 heterocycles. The Labute approximate surface area is 137 Å². The van der Waals surface area contributed by atoms with Gasteiger partial charge in [-0.2, -0.15) is 5.10 Å². The van der Waals surface area contributed by atoms with Crippen LogP contribution in [-0.2, 0) is 0 Å². The van der Waals surface area contributed by atoms with E-state index in [0.29, 0.717) is 5.69 Å². The third-order valence-corrected chi connectivity index (χ3v) is 3.86. The average molecular weight is 328 g/mol. The summed E-state index contributed by atoms with van der Waals surface area (Å²) in [6.45, 7) is 1.98. The fourth-order valence-electron chi connectivity index (χ4n) is 2.39. The van der Waals surface area contributed by atoms with Crippen LogP contribution >= 0.6 is 11.6 Å². The summed E-state index contributed by atoms with van der Waals surface area (Å²) in [5.41, 5.74) is 6.47. The number of aromatic carboxylic acids is 1. The van der Waals surface area contributed by atoms with Crippen molar-refractivity contribution in [2.24, 2.45) is 5.10 Å². The molecule has 0 amide bonds. The van der Waals surface area contributed by atoms with E-state index >= 15 is 0 Å². The molecule has 0 bridgehead atoms. The van der Waals surface area contributed by atoms with Crippen molar-refractivity contribution in [3.05, 3.63) is 64.3 Å². The summed E-state index contributed by atoms with van der Waals surface area (Å²) < 4.78 is 0. The number of aromatic nitrogens is 1. The number of hydrogen-bond donors (Lipinski definition) is 3. The fourth-order valence-corrected chi connectivity index (χ4v) is 2.59. The van der Waals surface area contributed by atoms with Crippen molar-refractivity contribution in [1.82, 2.24) is 4.98 Å². The highest BCUT2D eigenvalue weighted by atomic mass is 35.5. The van der Waals surface area contributed by atoms with E-state index in [9.17, 15) is 4.79 Å². The van der Waals surface area contributed by atoms with Gasteiger partial charge in [0.05, 0.1) is 22.5 Å². The second-order valence-electron chi connectivity index (χ2n) is 5.08. The Kier molecular flexibility index (Phi) is 4.04. The molecule has 116 valence electrons. The van der Waals surface area contributed by atoms with Gasteiger partial charge in [0.2, 0.25) is 0 Å². The molecule has 2 aromatic carbocycles. The summed E-state index contributed by atoms with van der Waals surface area (Å²) in [5, 5.41) is 14.5.